The van der Waals surface area contributed by atoms with E-state index in [0.717, 1.165) is 88.2 Å². The molecule has 0 unspecified atom stereocenters. The molecule has 4 aromatic heterocycles. The summed E-state index contributed by atoms with van der Waals surface area (Å²) in [6, 6.07) is 59.9. The fourth-order valence-corrected chi connectivity index (χ4v) is 8.61. The zero-order valence-corrected chi connectivity index (χ0v) is 28.4. The Kier molecular flexibility index (Phi) is 5.71. The highest BCUT2D eigenvalue weighted by Crippen LogP contribution is 2.45. The molecule has 0 aliphatic heterocycles. The highest BCUT2D eigenvalue weighted by atomic mass is 16.3. The monoisotopic (exact) mass is 676 g/mol. The van der Waals surface area contributed by atoms with Crippen LogP contribution in [0.3, 0.4) is 0 Å². The molecule has 5 nitrogen and oxygen atoms in total. The first-order valence-electron chi connectivity index (χ1n) is 17.9. The molecular weight excluding hydrogens is 649 g/mol. The number of hydrogen-bond donors (Lipinski definition) is 0. The van der Waals surface area contributed by atoms with Gasteiger partial charge in [-0.3, -0.25) is 4.57 Å². The van der Waals surface area contributed by atoms with Gasteiger partial charge in [-0.1, -0.05) is 109 Å². The first kappa shape index (κ1) is 28.5. The third-order valence-electron chi connectivity index (χ3n) is 10.9. The van der Waals surface area contributed by atoms with Crippen LogP contribution in [0, 0.1) is 0 Å². The largest absolute Gasteiger partial charge is 0.456 e. The van der Waals surface area contributed by atoms with Gasteiger partial charge in [0, 0.05) is 49.1 Å². The lowest BCUT2D eigenvalue weighted by molar-refractivity contribution is 0.664. The second-order valence-electron chi connectivity index (χ2n) is 13.8. The van der Waals surface area contributed by atoms with Gasteiger partial charge < -0.3 is 8.98 Å². The minimum Gasteiger partial charge on any atom is -0.456 e. The quantitative estimate of drug-likeness (QED) is 0.186. The van der Waals surface area contributed by atoms with Crippen molar-refractivity contribution in [2.75, 3.05) is 0 Å². The van der Waals surface area contributed by atoms with Crippen molar-refractivity contribution < 1.29 is 4.42 Å². The SMILES string of the molecule is c1ccc(-c2cc(-c3ccc4c(c3)c3ccccc3n4-c3ccccc3)nc(-n3c4ccc5cccc6oc7cccc8ccc3c(c87)c4c56)n2)cc1. The molecule has 12 aromatic rings. The van der Waals surface area contributed by atoms with Crippen LogP contribution in [-0.4, -0.2) is 19.1 Å². The van der Waals surface area contributed by atoms with Crippen molar-refractivity contribution in [2.45, 2.75) is 0 Å². The van der Waals surface area contributed by atoms with Crippen molar-refractivity contribution in [1.82, 2.24) is 19.1 Å². The maximum atomic E-state index is 6.67. The molecule has 12 rings (SSSR count). The molecule has 0 aliphatic rings. The van der Waals surface area contributed by atoms with Crippen molar-refractivity contribution >= 4 is 76.3 Å². The van der Waals surface area contributed by atoms with Crippen molar-refractivity contribution in [1.29, 1.82) is 0 Å². The third-order valence-corrected chi connectivity index (χ3v) is 10.9. The zero-order chi connectivity index (χ0) is 34.6. The number of aromatic nitrogens is 4. The van der Waals surface area contributed by atoms with E-state index in [1.807, 2.05) is 6.07 Å². The van der Waals surface area contributed by atoms with Gasteiger partial charge >= 0.3 is 0 Å². The lowest BCUT2D eigenvalue weighted by atomic mass is 10.00. The molecule has 0 amide bonds. The number of para-hydroxylation sites is 2. The summed E-state index contributed by atoms with van der Waals surface area (Å²) >= 11 is 0. The van der Waals surface area contributed by atoms with Gasteiger partial charge in [-0.15, -0.1) is 0 Å². The molecule has 4 heterocycles. The average molecular weight is 677 g/mol. The lowest BCUT2D eigenvalue weighted by Gasteiger charge is -2.13. The molecule has 0 radical (unpaired) electrons. The lowest BCUT2D eigenvalue weighted by Crippen LogP contribution is -2.04. The summed E-state index contributed by atoms with van der Waals surface area (Å²) in [7, 11) is 0. The standard InChI is InChI=1S/C48H28N4O/c1-3-11-29(12-4-1)36-28-37(32-23-24-39-35(27-32)34-17-7-8-18-38(34)51(39)33-15-5-2-6-16-33)50-48(49-36)52-40-25-21-30-13-9-19-42-44(30)46(40)47-41(52)26-22-31-14-10-20-43(53-42)45(31)47/h1-28H. The number of nitrogens with zero attached hydrogens (tertiary/aromatic N) is 4. The number of hydrogen-bond acceptors (Lipinski definition) is 3. The van der Waals surface area contributed by atoms with Crippen molar-refractivity contribution in [3.8, 4) is 34.2 Å². The predicted molar refractivity (Wildman–Crippen MR) is 218 cm³/mol. The normalized spacial score (nSPS) is 12.2. The summed E-state index contributed by atoms with van der Waals surface area (Å²) in [5, 5.41) is 9.20. The van der Waals surface area contributed by atoms with E-state index in [9.17, 15) is 0 Å². The van der Waals surface area contributed by atoms with Crippen LogP contribution in [0.15, 0.2) is 174 Å². The summed E-state index contributed by atoms with van der Waals surface area (Å²) in [5.74, 6) is 0.628. The van der Waals surface area contributed by atoms with E-state index in [-0.39, 0.29) is 0 Å². The van der Waals surface area contributed by atoms with Crippen molar-refractivity contribution in [3.63, 3.8) is 0 Å². The molecular formula is C48H28N4O. The fraction of sp³-hybridized carbons (Fsp3) is 0. The highest BCUT2D eigenvalue weighted by molar-refractivity contribution is 6.33. The Labute approximate surface area is 302 Å². The van der Waals surface area contributed by atoms with Gasteiger partial charge in [-0.2, -0.15) is 0 Å². The maximum absolute atomic E-state index is 6.67. The second-order valence-corrected chi connectivity index (χ2v) is 13.8. The first-order chi connectivity index (χ1) is 26.3. The maximum Gasteiger partial charge on any atom is 0.235 e. The summed E-state index contributed by atoms with van der Waals surface area (Å²) in [5.41, 5.74) is 11.1. The van der Waals surface area contributed by atoms with E-state index in [1.54, 1.807) is 0 Å². The molecule has 0 bridgehead atoms. The van der Waals surface area contributed by atoms with Crippen LogP contribution in [0.1, 0.15) is 0 Å². The smallest absolute Gasteiger partial charge is 0.235 e. The number of benzene rings is 8. The van der Waals surface area contributed by atoms with Crippen LogP contribution >= 0.6 is 0 Å². The molecule has 53 heavy (non-hydrogen) atoms. The molecule has 0 spiro atoms. The Morgan fingerprint density at radius 1 is 0.377 bits per heavy atom. The van der Waals surface area contributed by atoms with E-state index in [2.05, 4.69) is 173 Å². The van der Waals surface area contributed by atoms with Gasteiger partial charge in [0.1, 0.15) is 11.2 Å². The van der Waals surface area contributed by atoms with Gasteiger partial charge in [0.05, 0.1) is 33.5 Å². The van der Waals surface area contributed by atoms with Crippen LogP contribution in [0.25, 0.3) is 110 Å². The Morgan fingerprint density at radius 2 is 0.962 bits per heavy atom. The Bertz CT molecular complexity index is 3290. The van der Waals surface area contributed by atoms with Crippen LogP contribution in [0.2, 0.25) is 0 Å². The van der Waals surface area contributed by atoms with Gasteiger partial charge in [0.25, 0.3) is 0 Å². The van der Waals surface area contributed by atoms with Crippen LogP contribution in [-0.2, 0) is 0 Å². The van der Waals surface area contributed by atoms with Crippen LogP contribution in [0.5, 0.6) is 0 Å². The molecule has 5 heteroatoms. The van der Waals surface area contributed by atoms with Crippen molar-refractivity contribution in [3.05, 3.63) is 170 Å². The van der Waals surface area contributed by atoms with E-state index in [4.69, 9.17) is 14.4 Å². The molecule has 0 N–H and O–H groups in total. The van der Waals surface area contributed by atoms with Gasteiger partial charge in [0.15, 0.2) is 0 Å². The summed E-state index contributed by atoms with van der Waals surface area (Å²) in [6.45, 7) is 0. The van der Waals surface area contributed by atoms with Crippen molar-refractivity contribution in [2.24, 2.45) is 0 Å². The molecule has 8 aromatic carbocycles. The Hall–Kier alpha value is -7.24. The van der Waals surface area contributed by atoms with E-state index < -0.39 is 0 Å². The Balaban J connectivity index is 1.17. The van der Waals surface area contributed by atoms with Gasteiger partial charge in [-0.25, -0.2) is 9.97 Å². The Morgan fingerprint density at radius 3 is 1.66 bits per heavy atom. The number of fused-ring (bicyclic) bond motifs is 3. The third kappa shape index (κ3) is 4.02. The second kappa shape index (κ2) is 10.6. The molecule has 0 fully saturated rings. The zero-order valence-electron chi connectivity index (χ0n) is 28.4. The summed E-state index contributed by atoms with van der Waals surface area (Å²) in [4.78, 5) is 10.8. The molecule has 0 atom stereocenters. The summed E-state index contributed by atoms with van der Waals surface area (Å²) < 4.78 is 11.3. The molecule has 0 aliphatic carbocycles. The number of rotatable bonds is 4. The fourth-order valence-electron chi connectivity index (χ4n) is 8.61. The average Bonchev–Trinajstić information content (AvgIpc) is 3.69. The first-order valence-corrected chi connectivity index (χ1v) is 17.9. The van der Waals surface area contributed by atoms with Gasteiger partial charge in [-0.05, 0) is 71.4 Å². The minimum absolute atomic E-state index is 0.628. The molecule has 0 saturated carbocycles. The molecule has 246 valence electrons. The van der Waals surface area contributed by atoms with Crippen LogP contribution < -0.4 is 0 Å². The van der Waals surface area contributed by atoms with Crippen LogP contribution in [0.4, 0.5) is 0 Å². The van der Waals surface area contributed by atoms with E-state index in [0.29, 0.717) is 5.95 Å². The minimum atomic E-state index is 0.628. The van der Waals surface area contributed by atoms with Gasteiger partial charge in [0.2, 0.25) is 5.95 Å². The highest BCUT2D eigenvalue weighted by Gasteiger charge is 2.23. The molecule has 0 saturated heterocycles. The van der Waals surface area contributed by atoms with E-state index in [1.165, 1.54) is 16.3 Å². The van der Waals surface area contributed by atoms with E-state index >= 15 is 0 Å². The summed E-state index contributed by atoms with van der Waals surface area (Å²) in [6.07, 6.45) is 0. The predicted octanol–water partition coefficient (Wildman–Crippen LogP) is 12.5. The topological polar surface area (TPSA) is 48.8 Å².